The lowest BCUT2D eigenvalue weighted by molar-refractivity contribution is -0.131. The number of amides is 1. The highest BCUT2D eigenvalue weighted by atomic mass is 16.4. The zero-order valence-electron chi connectivity index (χ0n) is 12.6. The van der Waals surface area contributed by atoms with Gasteiger partial charge in [-0.05, 0) is 26.0 Å². The van der Waals surface area contributed by atoms with Crippen molar-refractivity contribution in [1.82, 2.24) is 0 Å². The SMILES string of the molecule is Cc1ccc(NC(=O)/C=C\C(=O)O)cc1.Cc1ccccc1. The van der Waals surface area contributed by atoms with Gasteiger partial charge in [0.1, 0.15) is 0 Å². The van der Waals surface area contributed by atoms with Gasteiger partial charge in [0, 0.05) is 17.8 Å². The summed E-state index contributed by atoms with van der Waals surface area (Å²) in [5.74, 6) is -1.60. The third-order valence-corrected chi connectivity index (χ3v) is 2.64. The quantitative estimate of drug-likeness (QED) is 0.851. The van der Waals surface area contributed by atoms with Crippen molar-refractivity contribution in [3.8, 4) is 0 Å². The Balaban J connectivity index is 0.000000287. The predicted molar refractivity (Wildman–Crippen MR) is 87.8 cm³/mol. The van der Waals surface area contributed by atoms with E-state index in [4.69, 9.17) is 5.11 Å². The molecule has 2 rings (SSSR count). The Bertz CT molecular complexity index is 631. The summed E-state index contributed by atoms with van der Waals surface area (Å²) in [6, 6.07) is 17.5. The highest BCUT2D eigenvalue weighted by Gasteiger charge is 1.97. The summed E-state index contributed by atoms with van der Waals surface area (Å²) >= 11 is 0. The first-order chi connectivity index (χ1) is 10.5. The monoisotopic (exact) mass is 297 g/mol. The van der Waals surface area contributed by atoms with Crippen LogP contribution in [0.25, 0.3) is 0 Å². The minimum atomic E-state index is -1.14. The van der Waals surface area contributed by atoms with Gasteiger partial charge in [0.05, 0.1) is 0 Å². The van der Waals surface area contributed by atoms with Gasteiger partial charge in [0.15, 0.2) is 0 Å². The summed E-state index contributed by atoms with van der Waals surface area (Å²) in [5, 5.41) is 10.8. The van der Waals surface area contributed by atoms with Crippen molar-refractivity contribution in [2.75, 3.05) is 5.32 Å². The minimum Gasteiger partial charge on any atom is -0.478 e. The first-order valence-corrected chi connectivity index (χ1v) is 6.77. The van der Waals surface area contributed by atoms with E-state index in [1.54, 1.807) is 12.1 Å². The van der Waals surface area contributed by atoms with E-state index in [1.165, 1.54) is 5.56 Å². The zero-order valence-corrected chi connectivity index (χ0v) is 12.6. The Morgan fingerprint density at radius 1 is 0.864 bits per heavy atom. The van der Waals surface area contributed by atoms with Crippen molar-refractivity contribution in [3.63, 3.8) is 0 Å². The smallest absolute Gasteiger partial charge is 0.328 e. The number of benzene rings is 2. The number of carboxylic acids is 1. The second-order valence-corrected chi connectivity index (χ2v) is 4.68. The van der Waals surface area contributed by atoms with E-state index in [2.05, 4.69) is 24.4 Å². The summed E-state index contributed by atoms with van der Waals surface area (Å²) in [6.45, 7) is 4.02. The molecule has 0 aliphatic carbocycles. The van der Waals surface area contributed by atoms with E-state index in [-0.39, 0.29) is 0 Å². The number of carbonyl (C=O) groups excluding carboxylic acids is 1. The molecule has 114 valence electrons. The van der Waals surface area contributed by atoms with Crippen LogP contribution in [0.1, 0.15) is 11.1 Å². The van der Waals surface area contributed by atoms with E-state index < -0.39 is 11.9 Å². The van der Waals surface area contributed by atoms with Gasteiger partial charge in [-0.15, -0.1) is 0 Å². The third kappa shape index (κ3) is 7.65. The van der Waals surface area contributed by atoms with Gasteiger partial charge >= 0.3 is 5.97 Å². The number of aryl methyl sites for hydroxylation is 2. The van der Waals surface area contributed by atoms with Crippen LogP contribution in [-0.4, -0.2) is 17.0 Å². The molecule has 0 atom stereocenters. The molecule has 0 aliphatic rings. The molecular weight excluding hydrogens is 278 g/mol. The number of hydrogen-bond donors (Lipinski definition) is 2. The van der Waals surface area contributed by atoms with Crippen molar-refractivity contribution in [3.05, 3.63) is 77.9 Å². The van der Waals surface area contributed by atoms with Gasteiger partial charge < -0.3 is 10.4 Å². The second kappa shape index (κ2) is 9.13. The Morgan fingerprint density at radius 2 is 1.41 bits per heavy atom. The van der Waals surface area contributed by atoms with E-state index >= 15 is 0 Å². The van der Waals surface area contributed by atoms with Crippen molar-refractivity contribution >= 4 is 17.6 Å². The van der Waals surface area contributed by atoms with Crippen molar-refractivity contribution in [1.29, 1.82) is 0 Å². The maximum Gasteiger partial charge on any atom is 0.328 e. The highest BCUT2D eigenvalue weighted by molar-refractivity contribution is 6.02. The maximum atomic E-state index is 11.1. The highest BCUT2D eigenvalue weighted by Crippen LogP contribution is 2.08. The van der Waals surface area contributed by atoms with Crippen LogP contribution in [0.3, 0.4) is 0 Å². The molecule has 22 heavy (non-hydrogen) atoms. The van der Waals surface area contributed by atoms with Crippen molar-refractivity contribution in [2.45, 2.75) is 13.8 Å². The molecule has 0 bridgehead atoms. The molecule has 0 aromatic heterocycles. The number of nitrogens with one attached hydrogen (secondary N) is 1. The molecule has 4 heteroatoms. The molecule has 0 radical (unpaired) electrons. The maximum absolute atomic E-state index is 11.1. The zero-order chi connectivity index (χ0) is 16.4. The van der Waals surface area contributed by atoms with Gasteiger partial charge in [0.25, 0.3) is 0 Å². The largest absolute Gasteiger partial charge is 0.478 e. The standard InChI is InChI=1S/C11H11NO3.C7H8/c1-8-2-4-9(5-3-8)12-10(13)6-7-11(14)15;1-7-5-3-2-4-6-7/h2-7H,1H3,(H,12,13)(H,14,15);2-6H,1H3/b7-6-;. The number of rotatable bonds is 3. The molecule has 0 unspecified atom stereocenters. The fourth-order valence-corrected chi connectivity index (χ4v) is 1.50. The van der Waals surface area contributed by atoms with Crippen LogP contribution in [0, 0.1) is 13.8 Å². The summed E-state index contributed by atoms with van der Waals surface area (Å²) < 4.78 is 0. The minimum absolute atomic E-state index is 0.457. The lowest BCUT2D eigenvalue weighted by Gasteiger charge is -2.01. The molecule has 2 aromatic carbocycles. The third-order valence-electron chi connectivity index (χ3n) is 2.64. The first-order valence-electron chi connectivity index (χ1n) is 6.77. The van der Waals surface area contributed by atoms with Crippen LogP contribution in [0.4, 0.5) is 5.69 Å². The van der Waals surface area contributed by atoms with E-state index in [0.717, 1.165) is 17.7 Å². The average molecular weight is 297 g/mol. The van der Waals surface area contributed by atoms with E-state index in [0.29, 0.717) is 5.69 Å². The van der Waals surface area contributed by atoms with E-state index in [9.17, 15) is 9.59 Å². The number of carboxylic acid groups (broad SMARTS) is 1. The Morgan fingerprint density at radius 3 is 1.86 bits per heavy atom. The van der Waals surface area contributed by atoms with Gasteiger partial charge in [-0.25, -0.2) is 4.79 Å². The van der Waals surface area contributed by atoms with Crippen LogP contribution in [0.15, 0.2) is 66.7 Å². The normalized spacial score (nSPS) is 9.73. The van der Waals surface area contributed by atoms with E-state index in [1.807, 2.05) is 37.3 Å². The van der Waals surface area contributed by atoms with Crippen LogP contribution in [-0.2, 0) is 9.59 Å². The summed E-state index contributed by atoms with van der Waals surface area (Å²) in [7, 11) is 0. The van der Waals surface area contributed by atoms with Crippen LogP contribution in [0.2, 0.25) is 0 Å². The molecule has 1 amide bonds. The van der Waals surface area contributed by atoms with Crippen molar-refractivity contribution < 1.29 is 14.7 Å². The van der Waals surface area contributed by atoms with Gasteiger partial charge in [-0.2, -0.15) is 0 Å². The Hall–Kier alpha value is -2.88. The van der Waals surface area contributed by atoms with Crippen LogP contribution < -0.4 is 5.32 Å². The van der Waals surface area contributed by atoms with Crippen LogP contribution in [0.5, 0.6) is 0 Å². The molecule has 0 fully saturated rings. The number of hydrogen-bond acceptors (Lipinski definition) is 2. The van der Waals surface area contributed by atoms with Gasteiger partial charge in [0.2, 0.25) is 5.91 Å². The summed E-state index contributed by atoms with van der Waals surface area (Å²) in [6.07, 6.45) is 1.77. The molecular formula is C18H19NO3. The Labute approximate surface area is 130 Å². The molecule has 0 heterocycles. The summed E-state index contributed by atoms with van der Waals surface area (Å²) in [4.78, 5) is 21.3. The fourth-order valence-electron chi connectivity index (χ4n) is 1.50. The lowest BCUT2D eigenvalue weighted by Crippen LogP contribution is -2.08. The summed E-state index contributed by atoms with van der Waals surface area (Å²) in [5.41, 5.74) is 3.05. The molecule has 4 nitrogen and oxygen atoms in total. The molecule has 0 spiro atoms. The molecule has 0 aliphatic heterocycles. The molecule has 2 aromatic rings. The number of anilines is 1. The lowest BCUT2D eigenvalue weighted by atomic mass is 10.2. The first kappa shape index (κ1) is 17.2. The molecule has 0 saturated heterocycles. The van der Waals surface area contributed by atoms with Gasteiger partial charge in [-0.1, -0.05) is 53.6 Å². The van der Waals surface area contributed by atoms with Gasteiger partial charge in [-0.3, -0.25) is 4.79 Å². The average Bonchev–Trinajstić information content (AvgIpc) is 2.49. The molecule has 2 N–H and O–H groups in total. The van der Waals surface area contributed by atoms with Crippen molar-refractivity contribution in [2.24, 2.45) is 0 Å². The molecule has 0 saturated carbocycles. The number of aliphatic carboxylic acids is 1. The topological polar surface area (TPSA) is 66.4 Å². The predicted octanol–water partition coefficient (Wildman–Crippen LogP) is 3.57. The second-order valence-electron chi connectivity index (χ2n) is 4.68. The van der Waals surface area contributed by atoms with Crippen LogP contribution >= 0.6 is 0 Å². The fraction of sp³-hybridized carbons (Fsp3) is 0.111. The number of carbonyl (C=O) groups is 2. The Kier molecular flexibility index (Phi) is 7.13.